The van der Waals surface area contributed by atoms with E-state index in [4.69, 9.17) is 16.3 Å². The molecule has 2 aromatic rings. The van der Waals surface area contributed by atoms with Crippen molar-refractivity contribution >= 4 is 42.1 Å². The van der Waals surface area contributed by atoms with Crippen LogP contribution in [0.25, 0.3) is 0 Å². The third kappa shape index (κ3) is 6.06. The van der Waals surface area contributed by atoms with Crippen molar-refractivity contribution in [2.24, 2.45) is 0 Å². The molecule has 0 bridgehead atoms. The number of rotatable bonds is 5. The van der Waals surface area contributed by atoms with Crippen molar-refractivity contribution in [1.82, 2.24) is 4.90 Å². The van der Waals surface area contributed by atoms with Crippen LogP contribution in [0.15, 0.2) is 54.6 Å². The molecule has 1 aliphatic rings. The molecule has 1 aliphatic heterocycles. The number of hydrogen-bond donors (Lipinski definition) is 0. The third-order valence-corrected chi connectivity index (χ3v) is 4.20. The molecule has 132 valence electrons. The Hall–Kier alpha value is -1.13. The minimum atomic E-state index is 0. The van der Waals surface area contributed by atoms with E-state index < -0.39 is 0 Å². The molecule has 24 heavy (non-hydrogen) atoms. The van der Waals surface area contributed by atoms with Crippen molar-refractivity contribution in [3.63, 3.8) is 0 Å². The van der Waals surface area contributed by atoms with Crippen LogP contribution in [-0.2, 0) is 0 Å². The summed E-state index contributed by atoms with van der Waals surface area (Å²) in [7, 11) is 0. The first-order chi connectivity index (χ1) is 10.8. The highest BCUT2D eigenvalue weighted by Gasteiger charge is 2.16. The van der Waals surface area contributed by atoms with Gasteiger partial charge in [-0.15, -0.1) is 24.8 Å². The first kappa shape index (κ1) is 20.9. The standard InChI is InChI=1S/C18H21ClN2O.2ClH/c19-16-5-4-8-18(15-16)22-14-13-20-9-11-21(12-10-20)17-6-2-1-3-7-17;;/h1-8,15H,9-14H2;2*1H. The predicted molar refractivity (Wildman–Crippen MR) is 107 cm³/mol. The summed E-state index contributed by atoms with van der Waals surface area (Å²) in [6.45, 7) is 5.95. The predicted octanol–water partition coefficient (Wildman–Crippen LogP) is 4.38. The molecule has 3 nitrogen and oxygen atoms in total. The molecule has 0 amide bonds. The van der Waals surface area contributed by atoms with Crippen LogP contribution < -0.4 is 9.64 Å². The van der Waals surface area contributed by atoms with Gasteiger partial charge in [0.2, 0.25) is 0 Å². The van der Waals surface area contributed by atoms with Crippen molar-refractivity contribution in [2.45, 2.75) is 0 Å². The summed E-state index contributed by atoms with van der Waals surface area (Å²) in [5.41, 5.74) is 1.32. The molecular formula is C18H23Cl3N2O. The van der Waals surface area contributed by atoms with Gasteiger partial charge in [0, 0.05) is 43.4 Å². The fourth-order valence-electron chi connectivity index (χ4n) is 2.72. The Bertz CT molecular complexity index is 590. The zero-order chi connectivity index (χ0) is 15.2. The molecule has 0 aromatic heterocycles. The van der Waals surface area contributed by atoms with Crippen LogP contribution >= 0.6 is 36.4 Å². The van der Waals surface area contributed by atoms with Gasteiger partial charge >= 0.3 is 0 Å². The van der Waals surface area contributed by atoms with E-state index in [0.717, 1.165) is 38.5 Å². The monoisotopic (exact) mass is 388 g/mol. The van der Waals surface area contributed by atoms with Crippen molar-refractivity contribution < 1.29 is 4.74 Å². The van der Waals surface area contributed by atoms with E-state index in [1.54, 1.807) is 0 Å². The smallest absolute Gasteiger partial charge is 0.120 e. The van der Waals surface area contributed by atoms with Crippen molar-refractivity contribution in [1.29, 1.82) is 0 Å². The summed E-state index contributed by atoms with van der Waals surface area (Å²) < 4.78 is 5.76. The molecule has 1 heterocycles. The minimum absolute atomic E-state index is 0. The average molecular weight is 390 g/mol. The zero-order valence-electron chi connectivity index (χ0n) is 13.4. The maximum absolute atomic E-state index is 5.95. The first-order valence-corrected chi connectivity index (χ1v) is 8.10. The molecule has 6 heteroatoms. The van der Waals surface area contributed by atoms with Gasteiger partial charge in [0.15, 0.2) is 0 Å². The van der Waals surface area contributed by atoms with Gasteiger partial charge < -0.3 is 9.64 Å². The fraction of sp³-hybridized carbons (Fsp3) is 0.333. The van der Waals surface area contributed by atoms with Crippen molar-refractivity contribution in [3.8, 4) is 5.75 Å². The zero-order valence-corrected chi connectivity index (χ0v) is 15.8. The number of ether oxygens (including phenoxy) is 1. The summed E-state index contributed by atoms with van der Waals surface area (Å²) in [5, 5.41) is 0.717. The Morgan fingerprint density at radius 1 is 0.875 bits per heavy atom. The molecule has 0 atom stereocenters. The highest BCUT2D eigenvalue weighted by atomic mass is 35.5. The SMILES string of the molecule is Cl.Cl.Clc1cccc(OCCN2CCN(c3ccccc3)CC2)c1. The maximum atomic E-state index is 5.95. The lowest BCUT2D eigenvalue weighted by atomic mass is 10.2. The normalized spacial score (nSPS) is 14.5. The number of piperazine rings is 1. The number of anilines is 1. The number of para-hydroxylation sites is 1. The highest BCUT2D eigenvalue weighted by molar-refractivity contribution is 6.30. The quantitative estimate of drug-likeness (QED) is 0.754. The van der Waals surface area contributed by atoms with E-state index in [0.29, 0.717) is 11.6 Å². The van der Waals surface area contributed by atoms with Crippen LogP contribution in [-0.4, -0.2) is 44.2 Å². The summed E-state index contributed by atoms with van der Waals surface area (Å²) >= 11 is 5.95. The van der Waals surface area contributed by atoms with Gasteiger partial charge in [0.1, 0.15) is 12.4 Å². The second-order valence-electron chi connectivity index (χ2n) is 5.47. The van der Waals surface area contributed by atoms with Crippen LogP contribution in [0, 0.1) is 0 Å². The summed E-state index contributed by atoms with van der Waals surface area (Å²) in [6, 6.07) is 18.2. The van der Waals surface area contributed by atoms with Crippen molar-refractivity contribution in [2.75, 3.05) is 44.2 Å². The van der Waals surface area contributed by atoms with E-state index in [9.17, 15) is 0 Å². The van der Waals surface area contributed by atoms with Crippen LogP contribution in [0.4, 0.5) is 5.69 Å². The fourth-order valence-corrected chi connectivity index (χ4v) is 2.90. The second kappa shape index (κ2) is 10.7. The molecule has 0 aliphatic carbocycles. The maximum Gasteiger partial charge on any atom is 0.120 e. The molecule has 0 unspecified atom stereocenters. The second-order valence-corrected chi connectivity index (χ2v) is 5.91. The highest BCUT2D eigenvalue weighted by Crippen LogP contribution is 2.18. The molecule has 3 rings (SSSR count). The van der Waals surface area contributed by atoms with E-state index in [1.165, 1.54) is 5.69 Å². The van der Waals surface area contributed by atoms with Gasteiger partial charge in [0.25, 0.3) is 0 Å². The average Bonchev–Trinajstić information content (AvgIpc) is 2.56. The van der Waals surface area contributed by atoms with Gasteiger partial charge in [-0.1, -0.05) is 35.9 Å². The molecule has 0 N–H and O–H groups in total. The molecule has 1 saturated heterocycles. The van der Waals surface area contributed by atoms with Crippen LogP contribution in [0.5, 0.6) is 5.75 Å². The van der Waals surface area contributed by atoms with E-state index >= 15 is 0 Å². The molecule has 1 fully saturated rings. The van der Waals surface area contributed by atoms with Gasteiger partial charge in [-0.05, 0) is 30.3 Å². The summed E-state index contributed by atoms with van der Waals surface area (Å²) in [4.78, 5) is 4.89. The third-order valence-electron chi connectivity index (χ3n) is 3.97. The van der Waals surface area contributed by atoms with Crippen LogP contribution in [0.3, 0.4) is 0 Å². The van der Waals surface area contributed by atoms with Gasteiger partial charge in [-0.2, -0.15) is 0 Å². The number of benzene rings is 2. The Labute approximate surface area is 161 Å². The summed E-state index contributed by atoms with van der Waals surface area (Å²) in [6.07, 6.45) is 0. The molecule has 0 radical (unpaired) electrons. The molecular weight excluding hydrogens is 367 g/mol. The Balaban J connectivity index is 0.00000144. The van der Waals surface area contributed by atoms with E-state index in [1.807, 2.05) is 24.3 Å². The van der Waals surface area contributed by atoms with Crippen molar-refractivity contribution in [3.05, 3.63) is 59.6 Å². The molecule has 2 aromatic carbocycles. The van der Waals surface area contributed by atoms with Crippen LogP contribution in [0.1, 0.15) is 0 Å². The lowest BCUT2D eigenvalue weighted by molar-refractivity contribution is 0.200. The number of nitrogens with zero attached hydrogens (tertiary/aromatic N) is 2. The lowest BCUT2D eigenvalue weighted by Crippen LogP contribution is -2.47. The number of hydrogen-bond acceptors (Lipinski definition) is 3. The largest absolute Gasteiger partial charge is 0.492 e. The Kier molecular flexibility index (Phi) is 9.30. The van der Waals surface area contributed by atoms with Gasteiger partial charge in [-0.25, -0.2) is 0 Å². The lowest BCUT2D eigenvalue weighted by Gasteiger charge is -2.36. The van der Waals surface area contributed by atoms with E-state index in [-0.39, 0.29) is 24.8 Å². The van der Waals surface area contributed by atoms with Gasteiger partial charge in [-0.3, -0.25) is 4.90 Å². The minimum Gasteiger partial charge on any atom is -0.492 e. The van der Waals surface area contributed by atoms with Gasteiger partial charge in [0.05, 0.1) is 0 Å². The van der Waals surface area contributed by atoms with E-state index in [2.05, 4.69) is 40.1 Å². The Morgan fingerprint density at radius 3 is 2.25 bits per heavy atom. The topological polar surface area (TPSA) is 15.7 Å². The summed E-state index contributed by atoms with van der Waals surface area (Å²) in [5.74, 6) is 0.843. The van der Waals surface area contributed by atoms with Crippen LogP contribution in [0.2, 0.25) is 5.02 Å². The molecule has 0 saturated carbocycles. The first-order valence-electron chi connectivity index (χ1n) is 7.72. The molecule has 0 spiro atoms. The number of halogens is 3. The Morgan fingerprint density at radius 2 is 1.58 bits per heavy atom.